The summed E-state index contributed by atoms with van der Waals surface area (Å²) in [7, 11) is 0. The summed E-state index contributed by atoms with van der Waals surface area (Å²) in [5.74, 6) is 0.884. The van der Waals surface area contributed by atoms with Crippen LogP contribution in [0.15, 0.2) is 48.5 Å². The molecular weight excluding hydrogens is 324 g/mol. The van der Waals surface area contributed by atoms with Gasteiger partial charge in [-0.3, -0.25) is 4.79 Å². The van der Waals surface area contributed by atoms with Crippen LogP contribution in [0.3, 0.4) is 0 Å². The molecule has 0 spiro atoms. The fourth-order valence-electron chi connectivity index (χ4n) is 2.56. The molecule has 0 unspecified atom stereocenters. The van der Waals surface area contributed by atoms with Gasteiger partial charge in [0.25, 0.3) is 5.91 Å². The summed E-state index contributed by atoms with van der Waals surface area (Å²) >= 11 is 5.93. The summed E-state index contributed by atoms with van der Waals surface area (Å²) in [5, 5.41) is 12.5. The van der Waals surface area contributed by atoms with Crippen molar-refractivity contribution in [3.8, 4) is 11.8 Å². The summed E-state index contributed by atoms with van der Waals surface area (Å²) in [4.78, 5) is 12.2. The number of nitriles is 1. The Morgan fingerprint density at radius 3 is 2.46 bits per heavy atom. The van der Waals surface area contributed by atoms with Crippen molar-refractivity contribution in [3.63, 3.8) is 0 Å². The second-order valence-electron chi connectivity index (χ2n) is 5.86. The largest absolute Gasteiger partial charge is 0.484 e. The Balaban J connectivity index is 1.57. The van der Waals surface area contributed by atoms with E-state index in [0.717, 1.165) is 18.4 Å². The number of carbonyl (C=O) groups excluding carboxylic acids is 1. The average Bonchev–Trinajstić information content (AvgIpc) is 3.44. The molecule has 1 N–H and O–H groups in total. The lowest BCUT2D eigenvalue weighted by Gasteiger charge is -2.19. The topological polar surface area (TPSA) is 62.1 Å². The number of nitrogens with one attached hydrogen (secondary N) is 1. The van der Waals surface area contributed by atoms with Crippen molar-refractivity contribution in [2.24, 2.45) is 5.92 Å². The Kier molecular flexibility index (Phi) is 5.02. The third-order valence-corrected chi connectivity index (χ3v) is 4.24. The lowest BCUT2D eigenvalue weighted by atomic mass is 10.0. The van der Waals surface area contributed by atoms with E-state index in [1.165, 1.54) is 0 Å². The molecule has 2 aromatic rings. The van der Waals surface area contributed by atoms with Crippen molar-refractivity contribution < 1.29 is 9.53 Å². The minimum Gasteiger partial charge on any atom is -0.484 e. The van der Waals surface area contributed by atoms with Gasteiger partial charge in [0.1, 0.15) is 5.75 Å². The summed E-state index contributed by atoms with van der Waals surface area (Å²) in [6, 6.07) is 16.3. The van der Waals surface area contributed by atoms with E-state index in [9.17, 15) is 4.79 Å². The van der Waals surface area contributed by atoms with Gasteiger partial charge in [-0.1, -0.05) is 23.7 Å². The van der Waals surface area contributed by atoms with Gasteiger partial charge in [-0.05, 0) is 60.7 Å². The van der Waals surface area contributed by atoms with E-state index >= 15 is 0 Å². The molecular formula is C19H17ClN2O2. The highest BCUT2D eigenvalue weighted by molar-refractivity contribution is 6.30. The first-order valence-electron chi connectivity index (χ1n) is 7.83. The monoisotopic (exact) mass is 340 g/mol. The van der Waals surface area contributed by atoms with E-state index in [0.29, 0.717) is 22.3 Å². The molecule has 1 fully saturated rings. The summed E-state index contributed by atoms with van der Waals surface area (Å²) in [6.45, 7) is -0.0529. The zero-order chi connectivity index (χ0) is 16.9. The molecule has 4 nitrogen and oxygen atoms in total. The molecule has 0 aliphatic heterocycles. The molecule has 1 amide bonds. The maximum absolute atomic E-state index is 12.2. The van der Waals surface area contributed by atoms with Gasteiger partial charge in [-0.15, -0.1) is 0 Å². The molecule has 1 saturated carbocycles. The van der Waals surface area contributed by atoms with Crippen LogP contribution in [0.5, 0.6) is 5.75 Å². The maximum Gasteiger partial charge on any atom is 0.258 e. The van der Waals surface area contributed by atoms with Crippen molar-refractivity contribution in [1.82, 2.24) is 5.32 Å². The number of rotatable bonds is 6. The van der Waals surface area contributed by atoms with Gasteiger partial charge < -0.3 is 10.1 Å². The standard InChI is InChI=1S/C19H17ClN2O2/c20-16-7-5-15(6-8-16)19(14-3-4-14)22-18(23)12-24-17-9-1-13(11-21)2-10-17/h1-2,5-10,14,19H,3-4,12H2,(H,22,23)/t19-/m1/s1. The van der Waals surface area contributed by atoms with Crippen LogP contribution in [0.4, 0.5) is 0 Å². The second kappa shape index (κ2) is 7.37. The summed E-state index contributed by atoms with van der Waals surface area (Å²) < 4.78 is 5.48. The predicted octanol–water partition coefficient (Wildman–Crippen LogP) is 3.86. The van der Waals surface area contributed by atoms with E-state index in [1.807, 2.05) is 30.3 Å². The number of carbonyl (C=O) groups is 1. The average molecular weight is 341 g/mol. The minimum atomic E-state index is -0.161. The molecule has 1 atom stereocenters. The zero-order valence-electron chi connectivity index (χ0n) is 13.0. The molecule has 0 radical (unpaired) electrons. The number of benzene rings is 2. The van der Waals surface area contributed by atoms with Gasteiger partial charge in [-0.25, -0.2) is 0 Å². The van der Waals surface area contributed by atoms with Gasteiger partial charge >= 0.3 is 0 Å². The minimum absolute atomic E-state index is 0.000619. The molecule has 1 aliphatic rings. The van der Waals surface area contributed by atoms with Crippen molar-refractivity contribution in [3.05, 3.63) is 64.7 Å². The van der Waals surface area contributed by atoms with E-state index in [4.69, 9.17) is 21.6 Å². The molecule has 0 saturated heterocycles. The summed E-state index contributed by atoms with van der Waals surface area (Å²) in [5.41, 5.74) is 1.62. The Morgan fingerprint density at radius 1 is 1.21 bits per heavy atom. The SMILES string of the molecule is N#Cc1ccc(OCC(=O)N[C@@H](c2ccc(Cl)cc2)C2CC2)cc1. The van der Waals surface area contributed by atoms with Crippen LogP contribution in [-0.4, -0.2) is 12.5 Å². The number of halogens is 1. The first-order valence-corrected chi connectivity index (χ1v) is 8.21. The van der Waals surface area contributed by atoms with Crippen LogP contribution in [0, 0.1) is 17.2 Å². The first kappa shape index (κ1) is 16.4. The molecule has 0 bridgehead atoms. The predicted molar refractivity (Wildman–Crippen MR) is 91.7 cm³/mol. The fraction of sp³-hybridized carbons (Fsp3) is 0.263. The Hall–Kier alpha value is -2.51. The van der Waals surface area contributed by atoms with Crippen LogP contribution >= 0.6 is 11.6 Å². The number of ether oxygens (including phenoxy) is 1. The quantitative estimate of drug-likeness (QED) is 0.868. The van der Waals surface area contributed by atoms with Crippen LogP contribution in [-0.2, 0) is 4.79 Å². The van der Waals surface area contributed by atoms with Crippen molar-refractivity contribution in [2.75, 3.05) is 6.61 Å². The maximum atomic E-state index is 12.2. The number of nitrogens with zero attached hydrogens (tertiary/aromatic N) is 1. The Morgan fingerprint density at radius 2 is 1.88 bits per heavy atom. The highest BCUT2D eigenvalue weighted by Crippen LogP contribution is 2.41. The van der Waals surface area contributed by atoms with Gasteiger partial charge in [0.2, 0.25) is 0 Å². The Bertz CT molecular complexity index is 746. The third-order valence-electron chi connectivity index (χ3n) is 3.99. The summed E-state index contributed by atoms with van der Waals surface area (Å²) in [6.07, 6.45) is 2.23. The molecule has 122 valence electrons. The number of hydrogen-bond acceptors (Lipinski definition) is 3. The molecule has 0 aromatic heterocycles. The lowest BCUT2D eigenvalue weighted by Crippen LogP contribution is -2.33. The van der Waals surface area contributed by atoms with Crippen molar-refractivity contribution >= 4 is 17.5 Å². The second-order valence-corrected chi connectivity index (χ2v) is 6.30. The van der Waals surface area contributed by atoms with E-state index in [2.05, 4.69) is 5.32 Å². The highest BCUT2D eigenvalue weighted by atomic mass is 35.5. The van der Waals surface area contributed by atoms with Crippen LogP contribution in [0.2, 0.25) is 5.02 Å². The normalized spacial score (nSPS) is 14.5. The van der Waals surface area contributed by atoms with Gasteiger partial charge in [0.15, 0.2) is 6.61 Å². The van der Waals surface area contributed by atoms with Crippen LogP contribution < -0.4 is 10.1 Å². The van der Waals surface area contributed by atoms with Crippen molar-refractivity contribution in [1.29, 1.82) is 5.26 Å². The van der Waals surface area contributed by atoms with Gasteiger partial charge in [-0.2, -0.15) is 5.26 Å². The molecule has 3 rings (SSSR count). The third kappa shape index (κ3) is 4.27. The number of hydrogen-bond donors (Lipinski definition) is 1. The molecule has 24 heavy (non-hydrogen) atoms. The number of amides is 1. The van der Waals surface area contributed by atoms with E-state index < -0.39 is 0 Å². The Labute approximate surface area is 146 Å². The van der Waals surface area contributed by atoms with Gasteiger partial charge in [0, 0.05) is 5.02 Å². The fourth-order valence-corrected chi connectivity index (χ4v) is 2.69. The lowest BCUT2D eigenvalue weighted by molar-refractivity contribution is -0.124. The first-order chi connectivity index (χ1) is 11.7. The van der Waals surface area contributed by atoms with E-state index in [1.54, 1.807) is 24.3 Å². The highest BCUT2D eigenvalue weighted by Gasteiger charge is 2.33. The molecule has 0 heterocycles. The van der Waals surface area contributed by atoms with Gasteiger partial charge in [0.05, 0.1) is 17.7 Å². The van der Waals surface area contributed by atoms with E-state index in [-0.39, 0.29) is 18.6 Å². The van der Waals surface area contributed by atoms with Crippen LogP contribution in [0.1, 0.15) is 30.0 Å². The zero-order valence-corrected chi connectivity index (χ0v) is 13.8. The van der Waals surface area contributed by atoms with Crippen LogP contribution in [0.25, 0.3) is 0 Å². The molecule has 5 heteroatoms. The van der Waals surface area contributed by atoms with Crippen molar-refractivity contribution in [2.45, 2.75) is 18.9 Å². The molecule has 2 aromatic carbocycles. The molecule has 1 aliphatic carbocycles. The smallest absolute Gasteiger partial charge is 0.258 e.